The lowest BCUT2D eigenvalue weighted by Crippen LogP contribution is -2.33. The van der Waals surface area contributed by atoms with Crippen LogP contribution in [0.15, 0.2) is 18.2 Å². The van der Waals surface area contributed by atoms with Gasteiger partial charge in [-0.1, -0.05) is 6.07 Å². The molecule has 1 unspecified atom stereocenters. The molecule has 4 nitrogen and oxygen atoms in total. The zero-order chi connectivity index (χ0) is 13.5. The summed E-state index contributed by atoms with van der Waals surface area (Å²) in [6.45, 7) is 4.01. The molecule has 0 aromatic heterocycles. The van der Waals surface area contributed by atoms with Gasteiger partial charge in [0.1, 0.15) is 6.04 Å². The minimum Gasteiger partial charge on any atom is -0.490 e. The predicted octanol–water partition coefficient (Wildman–Crippen LogP) is 1.79. The van der Waals surface area contributed by atoms with Crippen molar-refractivity contribution in [2.45, 2.75) is 26.3 Å². The summed E-state index contributed by atoms with van der Waals surface area (Å²) in [7, 11) is 0. The lowest BCUT2D eigenvalue weighted by Gasteiger charge is -2.12. The number of hydrogen-bond donors (Lipinski definition) is 1. The number of aryl methyl sites for hydroxylation is 1. The molecule has 18 heavy (non-hydrogen) atoms. The monoisotopic (exact) mass is 255 g/mol. The average Bonchev–Trinajstić information content (AvgIpc) is 2.33. The van der Waals surface area contributed by atoms with Crippen LogP contribution in [-0.2, 0) is 9.53 Å². The van der Waals surface area contributed by atoms with Gasteiger partial charge in [0, 0.05) is 6.42 Å². The molecule has 0 aliphatic carbocycles. The first-order chi connectivity index (χ1) is 8.54. The smallest absolute Gasteiger partial charge is 0.323 e. The molecule has 0 saturated carbocycles. The fraction of sp³-hybridized carbons (Fsp3) is 0.462. The van der Waals surface area contributed by atoms with Crippen LogP contribution in [0.1, 0.15) is 18.9 Å². The van der Waals surface area contributed by atoms with Crippen LogP contribution in [0.3, 0.4) is 0 Å². The Morgan fingerprint density at radius 1 is 1.50 bits per heavy atom. The Morgan fingerprint density at radius 3 is 2.89 bits per heavy atom. The molecule has 0 spiro atoms. The quantitative estimate of drug-likeness (QED) is 0.787. The molecule has 1 aromatic carbocycles. The molecule has 0 amide bonds. The Morgan fingerprint density at radius 2 is 2.22 bits per heavy atom. The molecule has 0 saturated heterocycles. The number of rotatable bonds is 6. The van der Waals surface area contributed by atoms with E-state index in [1.165, 1.54) is 6.07 Å². The van der Waals surface area contributed by atoms with E-state index in [0.717, 1.165) is 5.56 Å². The van der Waals surface area contributed by atoms with E-state index >= 15 is 0 Å². The highest BCUT2D eigenvalue weighted by Crippen LogP contribution is 2.18. The van der Waals surface area contributed by atoms with Crippen LogP contribution in [0.2, 0.25) is 0 Å². The molecule has 0 aliphatic rings. The molecular formula is C13H18FNO3. The van der Waals surface area contributed by atoms with E-state index < -0.39 is 17.8 Å². The highest BCUT2D eigenvalue weighted by atomic mass is 19.1. The molecule has 0 bridgehead atoms. The minimum absolute atomic E-state index is 0.167. The van der Waals surface area contributed by atoms with Gasteiger partial charge in [-0.25, -0.2) is 4.39 Å². The van der Waals surface area contributed by atoms with Crippen molar-refractivity contribution in [3.05, 3.63) is 29.6 Å². The van der Waals surface area contributed by atoms with Gasteiger partial charge in [-0.2, -0.15) is 0 Å². The second kappa shape index (κ2) is 6.96. The Kier molecular flexibility index (Phi) is 5.58. The van der Waals surface area contributed by atoms with Crippen LogP contribution in [0.4, 0.5) is 4.39 Å². The normalized spacial score (nSPS) is 12.0. The van der Waals surface area contributed by atoms with Crippen molar-refractivity contribution < 1.29 is 18.7 Å². The summed E-state index contributed by atoms with van der Waals surface area (Å²) < 4.78 is 23.3. The summed E-state index contributed by atoms with van der Waals surface area (Å²) in [5.74, 6) is -0.720. The molecule has 5 heteroatoms. The summed E-state index contributed by atoms with van der Waals surface area (Å²) in [6.07, 6.45) is 0.284. The summed E-state index contributed by atoms with van der Waals surface area (Å²) in [4.78, 5) is 11.2. The number of carbonyl (C=O) groups excluding carboxylic acids is 1. The molecule has 1 rings (SSSR count). The SMILES string of the molecule is CCOC(=O)C(N)CCOc1cc(C)ccc1F. The fourth-order valence-electron chi connectivity index (χ4n) is 1.38. The first-order valence-electron chi connectivity index (χ1n) is 5.85. The van der Waals surface area contributed by atoms with Crippen molar-refractivity contribution in [2.75, 3.05) is 13.2 Å². The van der Waals surface area contributed by atoms with E-state index in [4.69, 9.17) is 15.2 Å². The number of nitrogens with two attached hydrogens (primary N) is 1. The number of esters is 1. The minimum atomic E-state index is -0.738. The third kappa shape index (κ3) is 4.33. The van der Waals surface area contributed by atoms with Crippen LogP contribution < -0.4 is 10.5 Å². The summed E-state index contributed by atoms with van der Waals surface area (Å²) in [6, 6.07) is 3.87. The number of hydrogen-bond acceptors (Lipinski definition) is 4. The molecule has 2 N–H and O–H groups in total. The largest absolute Gasteiger partial charge is 0.490 e. The zero-order valence-corrected chi connectivity index (χ0v) is 10.6. The van der Waals surface area contributed by atoms with Gasteiger partial charge in [-0.3, -0.25) is 4.79 Å². The van der Waals surface area contributed by atoms with Gasteiger partial charge in [0.05, 0.1) is 13.2 Å². The summed E-state index contributed by atoms with van der Waals surface area (Å²) >= 11 is 0. The van der Waals surface area contributed by atoms with Crippen molar-refractivity contribution in [2.24, 2.45) is 5.73 Å². The molecule has 1 aromatic rings. The first kappa shape index (κ1) is 14.4. The van der Waals surface area contributed by atoms with Gasteiger partial charge in [0.2, 0.25) is 0 Å². The van der Waals surface area contributed by atoms with E-state index in [1.54, 1.807) is 19.1 Å². The van der Waals surface area contributed by atoms with E-state index in [9.17, 15) is 9.18 Å². The highest BCUT2D eigenvalue weighted by Gasteiger charge is 2.14. The number of carbonyl (C=O) groups is 1. The fourth-order valence-corrected chi connectivity index (χ4v) is 1.38. The zero-order valence-electron chi connectivity index (χ0n) is 10.6. The Balaban J connectivity index is 2.41. The first-order valence-corrected chi connectivity index (χ1v) is 5.85. The lowest BCUT2D eigenvalue weighted by atomic mass is 10.2. The second-order valence-electron chi connectivity index (χ2n) is 3.93. The topological polar surface area (TPSA) is 61.5 Å². The van der Waals surface area contributed by atoms with Gasteiger partial charge in [0.15, 0.2) is 11.6 Å². The van der Waals surface area contributed by atoms with E-state index in [2.05, 4.69) is 0 Å². The summed E-state index contributed by atoms with van der Waals surface area (Å²) in [5.41, 5.74) is 6.49. The number of benzene rings is 1. The van der Waals surface area contributed by atoms with Gasteiger partial charge >= 0.3 is 5.97 Å². The van der Waals surface area contributed by atoms with E-state index in [0.29, 0.717) is 6.61 Å². The second-order valence-corrected chi connectivity index (χ2v) is 3.93. The standard InChI is InChI=1S/C13H18FNO3/c1-3-17-13(16)11(15)6-7-18-12-8-9(2)4-5-10(12)14/h4-5,8,11H,3,6-7,15H2,1-2H3. The molecule has 0 radical (unpaired) electrons. The summed E-state index contributed by atoms with van der Waals surface area (Å²) in [5, 5.41) is 0. The average molecular weight is 255 g/mol. The molecule has 1 atom stereocenters. The number of halogens is 1. The van der Waals surface area contributed by atoms with Crippen molar-refractivity contribution in [3.63, 3.8) is 0 Å². The third-order valence-corrected chi connectivity index (χ3v) is 2.36. The Hall–Kier alpha value is -1.62. The molecular weight excluding hydrogens is 237 g/mol. The van der Waals surface area contributed by atoms with Crippen molar-refractivity contribution >= 4 is 5.97 Å². The van der Waals surface area contributed by atoms with Gasteiger partial charge in [-0.05, 0) is 31.5 Å². The number of ether oxygens (including phenoxy) is 2. The maximum Gasteiger partial charge on any atom is 0.323 e. The van der Waals surface area contributed by atoms with Crippen LogP contribution in [0.5, 0.6) is 5.75 Å². The van der Waals surface area contributed by atoms with E-state index in [-0.39, 0.29) is 18.8 Å². The van der Waals surface area contributed by atoms with Crippen molar-refractivity contribution in [1.29, 1.82) is 0 Å². The lowest BCUT2D eigenvalue weighted by molar-refractivity contribution is -0.145. The van der Waals surface area contributed by atoms with E-state index in [1.807, 2.05) is 6.92 Å². The third-order valence-electron chi connectivity index (χ3n) is 2.36. The van der Waals surface area contributed by atoms with Crippen LogP contribution >= 0.6 is 0 Å². The Labute approximate surface area is 106 Å². The van der Waals surface area contributed by atoms with Gasteiger partial charge in [0.25, 0.3) is 0 Å². The molecule has 0 fully saturated rings. The van der Waals surface area contributed by atoms with Crippen LogP contribution in [0, 0.1) is 12.7 Å². The predicted molar refractivity (Wildman–Crippen MR) is 65.9 cm³/mol. The molecule has 100 valence electrons. The van der Waals surface area contributed by atoms with Crippen molar-refractivity contribution in [3.8, 4) is 5.75 Å². The van der Waals surface area contributed by atoms with Gasteiger partial charge < -0.3 is 15.2 Å². The molecule has 0 heterocycles. The van der Waals surface area contributed by atoms with Gasteiger partial charge in [-0.15, -0.1) is 0 Å². The highest BCUT2D eigenvalue weighted by molar-refractivity contribution is 5.75. The maximum atomic E-state index is 13.3. The maximum absolute atomic E-state index is 13.3. The van der Waals surface area contributed by atoms with Crippen LogP contribution in [-0.4, -0.2) is 25.2 Å². The Bertz CT molecular complexity index is 409. The van der Waals surface area contributed by atoms with Crippen LogP contribution in [0.25, 0.3) is 0 Å². The molecule has 0 aliphatic heterocycles. The van der Waals surface area contributed by atoms with Crippen molar-refractivity contribution in [1.82, 2.24) is 0 Å².